The summed E-state index contributed by atoms with van der Waals surface area (Å²) in [5.41, 5.74) is 1.25. The summed E-state index contributed by atoms with van der Waals surface area (Å²) in [6, 6.07) is 11.9. The summed E-state index contributed by atoms with van der Waals surface area (Å²) < 4.78 is 0. The molecule has 0 spiro atoms. The van der Waals surface area contributed by atoms with E-state index < -0.39 is 0 Å². The van der Waals surface area contributed by atoms with Crippen LogP contribution in [-0.2, 0) is 4.79 Å². The van der Waals surface area contributed by atoms with Gasteiger partial charge >= 0.3 is 0 Å². The summed E-state index contributed by atoms with van der Waals surface area (Å²) in [6.07, 6.45) is 0. The van der Waals surface area contributed by atoms with Crippen molar-refractivity contribution in [2.75, 3.05) is 17.2 Å². The molecule has 0 unspecified atom stereocenters. The molecular formula is C19H21Cl2N3O2. The first kappa shape index (κ1) is 20.1. The molecule has 5 nitrogen and oxygen atoms in total. The Morgan fingerprint density at radius 1 is 1.04 bits per heavy atom. The SMILES string of the molecule is CC(C)(C)NC(=O)c1cccc(NC(=O)CNc2cccc(Cl)c2Cl)c1. The van der Waals surface area contributed by atoms with Crippen LogP contribution in [0.25, 0.3) is 0 Å². The molecule has 2 aromatic carbocycles. The molecule has 0 heterocycles. The summed E-state index contributed by atoms with van der Waals surface area (Å²) in [6.45, 7) is 5.73. The standard InChI is InChI=1S/C19H21Cl2N3O2/c1-19(2,3)24-18(26)12-6-4-7-13(10-12)23-16(25)11-22-15-9-5-8-14(20)17(15)21/h4-10,22H,11H2,1-3H3,(H,23,25)(H,24,26). The third-order valence-electron chi connectivity index (χ3n) is 3.29. The van der Waals surface area contributed by atoms with Crippen LogP contribution in [0.1, 0.15) is 31.1 Å². The van der Waals surface area contributed by atoms with E-state index in [1.165, 1.54) is 0 Å². The number of amides is 2. The van der Waals surface area contributed by atoms with E-state index in [2.05, 4.69) is 16.0 Å². The Hall–Kier alpha value is -2.24. The lowest BCUT2D eigenvalue weighted by Crippen LogP contribution is -2.40. The van der Waals surface area contributed by atoms with Gasteiger partial charge in [-0.3, -0.25) is 9.59 Å². The highest BCUT2D eigenvalue weighted by atomic mass is 35.5. The molecule has 2 rings (SSSR count). The molecule has 0 saturated heterocycles. The minimum Gasteiger partial charge on any atom is -0.375 e. The quantitative estimate of drug-likeness (QED) is 0.696. The van der Waals surface area contributed by atoms with Gasteiger partial charge in [0, 0.05) is 16.8 Å². The van der Waals surface area contributed by atoms with Gasteiger partial charge in [-0.05, 0) is 51.1 Å². The van der Waals surface area contributed by atoms with E-state index in [9.17, 15) is 9.59 Å². The Bertz CT molecular complexity index is 817. The van der Waals surface area contributed by atoms with Gasteiger partial charge < -0.3 is 16.0 Å². The fourth-order valence-electron chi connectivity index (χ4n) is 2.17. The van der Waals surface area contributed by atoms with Crippen LogP contribution in [0.3, 0.4) is 0 Å². The summed E-state index contributed by atoms with van der Waals surface area (Å²) in [4.78, 5) is 24.4. The minimum atomic E-state index is -0.337. The highest BCUT2D eigenvalue weighted by Gasteiger charge is 2.15. The summed E-state index contributed by atoms with van der Waals surface area (Å²) in [7, 11) is 0. The van der Waals surface area contributed by atoms with Gasteiger partial charge in [0.2, 0.25) is 5.91 Å². The maximum atomic E-state index is 12.2. The second kappa shape index (κ2) is 8.43. The Morgan fingerprint density at radius 2 is 1.73 bits per heavy atom. The maximum Gasteiger partial charge on any atom is 0.251 e. The van der Waals surface area contributed by atoms with Crippen LogP contribution in [0.4, 0.5) is 11.4 Å². The van der Waals surface area contributed by atoms with Crippen molar-refractivity contribution in [3.05, 3.63) is 58.1 Å². The molecule has 138 valence electrons. The lowest BCUT2D eigenvalue weighted by atomic mass is 10.1. The number of nitrogens with one attached hydrogen (secondary N) is 3. The topological polar surface area (TPSA) is 70.2 Å². The van der Waals surface area contributed by atoms with E-state index in [0.29, 0.717) is 27.0 Å². The van der Waals surface area contributed by atoms with E-state index in [4.69, 9.17) is 23.2 Å². The lowest BCUT2D eigenvalue weighted by Gasteiger charge is -2.20. The number of anilines is 2. The van der Waals surface area contributed by atoms with Crippen LogP contribution < -0.4 is 16.0 Å². The first-order valence-electron chi connectivity index (χ1n) is 8.06. The maximum absolute atomic E-state index is 12.2. The molecule has 26 heavy (non-hydrogen) atoms. The molecular weight excluding hydrogens is 373 g/mol. The molecule has 0 aliphatic carbocycles. The van der Waals surface area contributed by atoms with Crippen molar-refractivity contribution >= 4 is 46.4 Å². The molecule has 2 aromatic rings. The molecule has 0 saturated carbocycles. The van der Waals surface area contributed by atoms with Crippen LogP contribution in [0.5, 0.6) is 0 Å². The largest absolute Gasteiger partial charge is 0.375 e. The summed E-state index contributed by atoms with van der Waals surface area (Å²) in [5.74, 6) is -0.466. The number of halogens is 2. The number of carbonyl (C=O) groups is 2. The first-order chi connectivity index (χ1) is 12.2. The van der Waals surface area contributed by atoms with Crippen LogP contribution in [0.15, 0.2) is 42.5 Å². The minimum absolute atomic E-state index is 0.0124. The van der Waals surface area contributed by atoms with Crippen LogP contribution in [0.2, 0.25) is 10.0 Å². The van der Waals surface area contributed by atoms with E-state index in [1.54, 1.807) is 42.5 Å². The van der Waals surface area contributed by atoms with E-state index in [0.717, 1.165) is 0 Å². The van der Waals surface area contributed by atoms with E-state index in [1.807, 2.05) is 20.8 Å². The van der Waals surface area contributed by atoms with Gasteiger partial charge in [-0.2, -0.15) is 0 Å². The van der Waals surface area contributed by atoms with Crippen molar-refractivity contribution < 1.29 is 9.59 Å². The van der Waals surface area contributed by atoms with E-state index >= 15 is 0 Å². The Morgan fingerprint density at radius 3 is 2.42 bits per heavy atom. The van der Waals surface area contributed by atoms with Gasteiger partial charge in [0.25, 0.3) is 5.91 Å². The van der Waals surface area contributed by atoms with Crippen LogP contribution in [0, 0.1) is 0 Å². The van der Waals surface area contributed by atoms with Crippen LogP contribution >= 0.6 is 23.2 Å². The number of carbonyl (C=O) groups excluding carboxylic acids is 2. The van der Waals surface area contributed by atoms with Crippen molar-refractivity contribution in [1.29, 1.82) is 0 Å². The number of rotatable bonds is 5. The zero-order valence-corrected chi connectivity index (χ0v) is 16.3. The summed E-state index contributed by atoms with van der Waals surface area (Å²) >= 11 is 12.0. The molecule has 0 aliphatic rings. The van der Waals surface area contributed by atoms with Crippen molar-refractivity contribution in [3.63, 3.8) is 0 Å². The monoisotopic (exact) mass is 393 g/mol. The summed E-state index contributed by atoms with van der Waals surface area (Å²) in [5, 5.41) is 9.34. The van der Waals surface area contributed by atoms with Gasteiger partial charge in [-0.25, -0.2) is 0 Å². The Labute approximate surface area is 163 Å². The number of benzene rings is 2. The first-order valence-corrected chi connectivity index (χ1v) is 8.81. The molecule has 0 radical (unpaired) electrons. The Balaban J connectivity index is 1.98. The average molecular weight is 394 g/mol. The third kappa shape index (κ3) is 5.93. The second-order valence-corrected chi connectivity index (χ2v) is 7.57. The van der Waals surface area contributed by atoms with Gasteiger partial charge in [0.05, 0.1) is 22.3 Å². The van der Waals surface area contributed by atoms with Crippen molar-refractivity contribution in [1.82, 2.24) is 5.32 Å². The molecule has 0 fully saturated rings. The molecule has 3 N–H and O–H groups in total. The fourth-order valence-corrected chi connectivity index (χ4v) is 2.54. The zero-order valence-electron chi connectivity index (χ0n) is 14.8. The molecule has 0 aliphatic heterocycles. The predicted molar refractivity (Wildman–Crippen MR) is 107 cm³/mol. The smallest absolute Gasteiger partial charge is 0.251 e. The van der Waals surface area contributed by atoms with Gasteiger partial charge in [-0.1, -0.05) is 35.3 Å². The molecule has 0 aromatic heterocycles. The lowest BCUT2D eigenvalue weighted by molar-refractivity contribution is -0.114. The van der Waals surface area contributed by atoms with Gasteiger partial charge in [-0.15, -0.1) is 0 Å². The fraction of sp³-hybridized carbons (Fsp3) is 0.263. The van der Waals surface area contributed by atoms with Crippen molar-refractivity contribution in [2.45, 2.75) is 26.3 Å². The molecule has 2 amide bonds. The highest BCUT2D eigenvalue weighted by molar-refractivity contribution is 6.43. The molecule has 0 atom stereocenters. The predicted octanol–water partition coefficient (Wildman–Crippen LogP) is 4.57. The average Bonchev–Trinajstić information content (AvgIpc) is 2.55. The highest BCUT2D eigenvalue weighted by Crippen LogP contribution is 2.29. The van der Waals surface area contributed by atoms with Gasteiger partial charge in [0.1, 0.15) is 0 Å². The normalized spacial score (nSPS) is 11.0. The number of hydrogen-bond acceptors (Lipinski definition) is 3. The molecule has 7 heteroatoms. The van der Waals surface area contributed by atoms with E-state index in [-0.39, 0.29) is 23.9 Å². The second-order valence-electron chi connectivity index (χ2n) is 6.79. The van der Waals surface area contributed by atoms with Crippen LogP contribution in [-0.4, -0.2) is 23.9 Å². The number of hydrogen-bond donors (Lipinski definition) is 3. The van der Waals surface area contributed by atoms with Crippen molar-refractivity contribution in [3.8, 4) is 0 Å². The third-order valence-corrected chi connectivity index (χ3v) is 4.11. The zero-order chi connectivity index (χ0) is 19.3. The van der Waals surface area contributed by atoms with Gasteiger partial charge in [0.15, 0.2) is 0 Å². The molecule has 0 bridgehead atoms. The Kier molecular flexibility index (Phi) is 6.51. The van der Waals surface area contributed by atoms with Crippen molar-refractivity contribution in [2.24, 2.45) is 0 Å².